The zero-order chi connectivity index (χ0) is 18.0. The summed E-state index contributed by atoms with van der Waals surface area (Å²) < 4.78 is 1.67. The molecule has 1 atom stereocenters. The van der Waals surface area contributed by atoms with E-state index in [1.165, 1.54) is 0 Å². The van der Waals surface area contributed by atoms with Gasteiger partial charge in [0.2, 0.25) is 5.91 Å². The summed E-state index contributed by atoms with van der Waals surface area (Å²) in [6, 6.07) is 7.40. The molecule has 0 bridgehead atoms. The molecule has 0 saturated heterocycles. The first-order valence-electron chi connectivity index (χ1n) is 8.61. The lowest BCUT2D eigenvalue weighted by molar-refractivity contribution is -0.116. The molecule has 3 rings (SSSR count). The first kappa shape index (κ1) is 17.7. The minimum absolute atomic E-state index is 0.0525. The van der Waals surface area contributed by atoms with E-state index in [0.29, 0.717) is 5.75 Å². The number of nitrogens with zero attached hydrogens (tertiary/aromatic N) is 2. The molecule has 0 aliphatic carbocycles. The van der Waals surface area contributed by atoms with Gasteiger partial charge in [-0.05, 0) is 31.4 Å². The molecule has 2 aromatic rings. The number of rotatable bonds is 5. The smallest absolute Gasteiger partial charge is 0.254 e. The van der Waals surface area contributed by atoms with Crippen molar-refractivity contribution in [2.24, 2.45) is 0 Å². The monoisotopic (exact) mass is 357 g/mol. The van der Waals surface area contributed by atoms with Crippen molar-refractivity contribution in [3.8, 4) is 0 Å². The van der Waals surface area contributed by atoms with Crippen molar-refractivity contribution in [3.05, 3.63) is 51.4 Å². The van der Waals surface area contributed by atoms with Crippen LogP contribution < -0.4 is 10.9 Å². The van der Waals surface area contributed by atoms with Gasteiger partial charge in [0.25, 0.3) is 5.56 Å². The zero-order valence-corrected chi connectivity index (χ0v) is 15.7. The van der Waals surface area contributed by atoms with Crippen molar-refractivity contribution in [1.29, 1.82) is 0 Å². The van der Waals surface area contributed by atoms with Crippen LogP contribution in [-0.2, 0) is 11.2 Å². The van der Waals surface area contributed by atoms with Gasteiger partial charge in [-0.2, -0.15) is 0 Å². The van der Waals surface area contributed by atoms with Crippen LogP contribution in [0.1, 0.15) is 42.6 Å². The average molecular weight is 357 g/mol. The van der Waals surface area contributed by atoms with Crippen LogP contribution in [0.15, 0.2) is 34.2 Å². The van der Waals surface area contributed by atoms with Gasteiger partial charge >= 0.3 is 0 Å². The molecule has 1 N–H and O–H groups in total. The summed E-state index contributed by atoms with van der Waals surface area (Å²) in [5.41, 5.74) is 3.73. The maximum Gasteiger partial charge on any atom is 0.254 e. The number of hydrogen-bond donors (Lipinski definition) is 1. The van der Waals surface area contributed by atoms with E-state index in [0.717, 1.165) is 40.5 Å². The molecule has 1 aromatic carbocycles. The lowest BCUT2D eigenvalue weighted by atomic mass is 10.1. The maximum absolute atomic E-state index is 12.5. The Hall–Kier alpha value is -2.08. The molecule has 0 spiro atoms. The number of carbonyl (C=O) groups excluding carboxylic acids is 1. The molecule has 0 saturated carbocycles. The number of amides is 1. The molecule has 1 unspecified atom stereocenters. The molecular weight excluding hydrogens is 334 g/mol. The summed E-state index contributed by atoms with van der Waals surface area (Å²) in [6.07, 6.45) is 2.05. The van der Waals surface area contributed by atoms with Crippen molar-refractivity contribution < 1.29 is 4.79 Å². The lowest BCUT2D eigenvalue weighted by Gasteiger charge is -2.15. The van der Waals surface area contributed by atoms with Gasteiger partial charge in [-0.15, -0.1) is 0 Å². The fraction of sp³-hybridized carbons (Fsp3) is 0.421. The van der Waals surface area contributed by atoms with Gasteiger partial charge < -0.3 is 5.32 Å². The molecule has 0 radical (unpaired) electrons. The summed E-state index contributed by atoms with van der Waals surface area (Å²) in [4.78, 5) is 29.5. The Morgan fingerprint density at radius 2 is 2.08 bits per heavy atom. The highest BCUT2D eigenvalue weighted by Crippen LogP contribution is 2.32. The van der Waals surface area contributed by atoms with Crippen LogP contribution in [0.2, 0.25) is 0 Å². The van der Waals surface area contributed by atoms with Crippen LogP contribution in [0.25, 0.3) is 0 Å². The molecule has 1 aliphatic heterocycles. The Kier molecular flexibility index (Phi) is 5.27. The van der Waals surface area contributed by atoms with Crippen molar-refractivity contribution >= 4 is 23.4 Å². The minimum Gasteiger partial charge on any atom is -0.326 e. The van der Waals surface area contributed by atoms with Crippen LogP contribution >= 0.6 is 11.8 Å². The SMILES string of the molecule is CCCc1cc(=O)n2c(n1)SCC2CC(=O)Nc1c(C)cccc1C. The summed E-state index contributed by atoms with van der Waals surface area (Å²) in [6.45, 7) is 6.03. The second-order valence-electron chi connectivity index (χ2n) is 6.47. The van der Waals surface area contributed by atoms with E-state index in [1.54, 1.807) is 22.4 Å². The summed E-state index contributed by atoms with van der Waals surface area (Å²) in [5.74, 6) is 0.637. The number of aromatic nitrogens is 2. The molecule has 5 nitrogen and oxygen atoms in total. The van der Waals surface area contributed by atoms with E-state index in [9.17, 15) is 9.59 Å². The lowest BCUT2D eigenvalue weighted by Crippen LogP contribution is -2.28. The average Bonchev–Trinajstić information content (AvgIpc) is 2.95. The van der Waals surface area contributed by atoms with Gasteiger partial charge in [-0.25, -0.2) is 4.98 Å². The molecule has 1 aromatic heterocycles. The maximum atomic E-state index is 12.5. The molecular formula is C19H23N3O2S. The number of fused-ring (bicyclic) bond motifs is 1. The van der Waals surface area contributed by atoms with Crippen molar-refractivity contribution in [1.82, 2.24) is 9.55 Å². The topological polar surface area (TPSA) is 64.0 Å². The van der Waals surface area contributed by atoms with Gasteiger partial charge in [-0.3, -0.25) is 14.2 Å². The van der Waals surface area contributed by atoms with Crippen LogP contribution in [0, 0.1) is 13.8 Å². The second kappa shape index (κ2) is 7.44. The zero-order valence-electron chi connectivity index (χ0n) is 14.8. The normalized spacial score (nSPS) is 15.9. The second-order valence-corrected chi connectivity index (χ2v) is 7.46. The van der Waals surface area contributed by atoms with Crippen LogP contribution in [0.3, 0.4) is 0 Å². The molecule has 1 aliphatic rings. The van der Waals surface area contributed by atoms with Crippen LogP contribution in [0.4, 0.5) is 5.69 Å². The Morgan fingerprint density at radius 1 is 1.36 bits per heavy atom. The van der Waals surface area contributed by atoms with Crippen LogP contribution in [0.5, 0.6) is 0 Å². The predicted molar refractivity (Wildman–Crippen MR) is 101 cm³/mol. The van der Waals surface area contributed by atoms with E-state index in [2.05, 4.69) is 17.2 Å². The standard InChI is InChI=1S/C19H23N3O2S/c1-4-6-14-9-17(24)22-15(11-25-19(22)20-14)10-16(23)21-18-12(2)7-5-8-13(18)3/h5,7-9,15H,4,6,10-11H2,1-3H3,(H,21,23). The third-order valence-electron chi connectivity index (χ3n) is 4.42. The highest BCUT2D eigenvalue weighted by Gasteiger charge is 2.27. The van der Waals surface area contributed by atoms with Gasteiger partial charge in [0.15, 0.2) is 5.16 Å². The Labute approximate surface area is 151 Å². The summed E-state index contributed by atoms with van der Waals surface area (Å²) in [7, 11) is 0. The number of carbonyl (C=O) groups is 1. The molecule has 2 heterocycles. The van der Waals surface area contributed by atoms with Crippen molar-refractivity contribution in [2.45, 2.75) is 51.2 Å². The van der Waals surface area contributed by atoms with E-state index in [1.807, 2.05) is 32.0 Å². The summed E-state index contributed by atoms with van der Waals surface area (Å²) >= 11 is 1.56. The van der Waals surface area contributed by atoms with E-state index < -0.39 is 0 Å². The highest BCUT2D eigenvalue weighted by molar-refractivity contribution is 7.99. The number of thioether (sulfide) groups is 1. The predicted octanol–water partition coefficient (Wildman–Crippen LogP) is 3.49. The van der Waals surface area contributed by atoms with Crippen molar-refractivity contribution in [2.75, 3.05) is 11.1 Å². The van der Waals surface area contributed by atoms with E-state index in [-0.39, 0.29) is 23.9 Å². The first-order chi connectivity index (χ1) is 12.0. The number of aryl methyl sites for hydroxylation is 3. The molecule has 132 valence electrons. The van der Waals surface area contributed by atoms with Gasteiger partial charge in [-0.1, -0.05) is 43.3 Å². The first-order valence-corrected chi connectivity index (χ1v) is 9.59. The molecule has 25 heavy (non-hydrogen) atoms. The Morgan fingerprint density at radius 3 is 2.76 bits per heavy atom. The van der Waals surface area contributed by atoms with Crippen molar-refractivity contribution in [3.63, 3.8) is 0 Å². The molecule has 1 amide bonds. The number of benzene rings is 1. The largest absolute Gasteiger partial charge is 0.326 e. The number of hydrogen-bond acceptors (Lipinski definition) is 4. The fourth-order valence-electron chi connectivity index (χ4n) is 3.15. The van der Waals surface area contributed by atoms with E-state index in [4.69, 9.17) is 0 Å². The van der Waals surface area contributed by atoms with Gasteiger partial charge in [0, 0.05) is 29.6 Å². The number of anilines is 1. The number of nitrogens with one attached hydrogen (secondary N) is 1. The third kappa shape index (κ3) is 3.79. The molecule has 6 heteroatoms. The van der Waals surface area contributed by atoms with Crippen LogP contribution in [-0.4, -0.2) is 21.2 Å². The third-order valence-corrected chi connectivity index (χ3v) is 5.51. The minimum atomic E-state index is -0.139. The Balaban J connectivity index is 1.76. The quantitative estimate of drug-likeness (QED) is 0.832. The highest BCUT2D eigenvalue weighted by atomic mass is 32.2. The Bertz CT molecular complexity index is 840. The summed E-state index contributed by atoms with van der Waals surface area (Å²) in [5, 5.41) is 3.74. The van der Waals surface area contributed by atoms with E-state index >= 15 is 0 Å². The molecule has 0 fully saturated rings. The van der Waals surface area contributed by atoms with Gasteiger partial charge in [0.1, 0.15) is 0 Å². The van der Waals surface area contributed by atoms with Gasteiger partial charge in [0.05, 0.1) is 6.04 Å². The fourth-order valence-corrected chi connectivity index (χ4v) is 4.32. The number of para-hydroxylation sites is 1.